The fourth-order valence-corrected chi connectivity index (χ4v) is 3.84. The van der Waals surface area contributed by atoms with Crippen molar-refractivity contribution in [3.05, 3.63) is 85.0 Å². The van der Waals surface area contributed by atoms with E-state index >= 15 is 0 Å². The Bertz CT molecular complexity index is 1100. The first-order chi connectivity index (χ1) is 13.8. The van der Waals surface area contributed by atoms with Gasteiger partial charge in [-0.1, -0.05) is 52.6 Å². The zero-order valence-electron chi connectivity index (χ0n) is 14.6. The van der Waals surface area contributed by atoms with Crippen LogP contribution in [0, 0.1) is 5.82 Å². The van der Waals surface area contributed by atoms with Crippen LogP contribution in [0.5, 0.6) is 0 Å². The first kappa shape index (κ1) is 21.6. The molecule has 0 aliphatic carbocycles. The Hall–Kier alpha value is -2.06. The molecule has 3 rings (SSSR count). The second-order valence-electron chi connectivity index (χ2n) is 5.88. The summed E-state index contributed by atoms with van der Waals surface area (Å²) in [5.41, 5.74) is 1.14. The number of aromatic amines is 1. The van der Waals surface area contributed by atoms with Crippen LogP contribution in [0.15, 0.2) is 52.4 Å². The van der Waals surface area contributed by atoms with Gasteiger partial charge in [0, 0.05) is 28.2 Å². The van der Waals surface area contributed by atoms with Crippen molar-refractivity contribution >= 4 is 58.2 Å². The van der Waals surface area contributed by atoms with Gasteiger partial charge in [-0.2, -0.15) is 0 Å². The number of rotatable bonds is 6. The normalized spacial score (nSPS) is 10.8. The summed E-state index contributed by atoms with van der Waals surface area (Å²) in [6.07, 6.45) is 0.274. The summed E-state index contributed by atoms with van der Waals surface area (Å²) in [6.45, 7) is 0. The molecule has 0 saturated heterocycles. The van der Waals surface area contributed by atoms with Crippen LogP contribution in [0.1, 0.15) is 11.3 Å². The predicted octanol–water partition coefficient (Wildman–Crippen LogP) is 5.19. The van der Waals surface area contributed by atoms with Crippen LogP contribution in [0.4, 0.5) is 10.1 Å². The van der Waals surface area contributed by atoms with Crippen molar-refractivity contribution < 1.29 is 9.18 Å². The van der Waals surface area contributed by atoms with E-state index in [2.05, 4.69) is 15.3 Å². The molecule has 0 unspecified atom stereocenters. The summed E-state index contributed by atoms with van der Waals surface area (Å²) < 4.78 is 13.2. The van der Waals surface area contributed by atoms with E-state index in [0.717, 1.165) is 17.8 Å². The van der Waals surface area contributed by atoms with Gasteiger partial charge in [-0.15, -0.1) is 0 Å². The second kappa shape index (κ2) is 9.63. The molecule has 1 amide bonds. The molecule has 10 heteroatoms. The number of halogens is 4. The highest BCUT2D eigenvalue weighted by atomic mass is 35.5. The van der Waals surface area contributed by atoms with Crippen molar-refractivity contribution in [2.24, 2.45) is 0 Å². The minimum Gasteiger partial charge on any atom is -0.325 e. The van der Waals surface area contributed by atoms with E-state index in [0.29, 0.717) is 27.0 Å². The minimum absolute atomic E-state index is 0.0196. The van der Waals surface area contributed by atoms with Crippen LogP contribution < -0.4 is 10.9 Å². The first-order valence-corrected chi connectivity index (χ1v) is 10.3. The summed E-state index contributed by atoms with van der Waals surface area (Å²) in [5, 5.41) is 3.74. The molecule has 0 fully saturated rings. The lowest BCUT2D eigenvalue weighted by Gasteiger charge is -2.08. The van der Waals surface area contributed by atoms with Gasteiger partial charge in [0.15, 0.2) is 5.16 Å². The lowest BCUT2D eigenvalue weighted by Crippen LogP contribution is -2.16. The standard InChI is InChI=1S/C19H13Cl3FN3O2S/c20-13-2-1-3-14(21)12(13)6-11-8-17(27)26-19(25-11)29-9-18(28)24-10-4-5-16(23)15(22)7-10/h1-5,7-8H,6,9H2,(H,24,28)(H,25,26,27). The first-order valence-electron chi connectivity index (χ1n) is 8.22. The Kier molecular flexibility index (Phi) is 7.18. The maximum absolute atomic E-state index is 13.2. The Morgan fingerprint density at radius 2 is 1.83 bits per heavy atom. The number of anilines is 1. The number of amides is 1. The van der Waals surface area contributed by atoms with Gasteiger partial charge in [-0.3, -0.25) is 9.59 Å². The molecular formula is C19H13Cl3FN3O2S. The number of thioether (sulfide) groups is 1. The highest BCUT2D eigenvalue weighted by molar-refractivity contribution is 7.99. The van der Waals surface area contributed by atoms with Gasteiger partial charge in [0.1, 0.15) is 5.82 Å². The summed E-state index contributed by atoms with van der Waals surface area (Å²) in [5.74, 6) is -0.954. The third kappa shape index (κ3) is 5.96. The molecule has 3 aromatic rings. The number of hydrogen-bond donors (Lipinski definition) is 2. The molecule has 0 radical (unpaired) electrons. The Balaban J connectivity index is 1.67. The molecule has 0 bridgehead atoms. The molecule has 0 spiro atoms. The monoisotopic (exact) mass is 471 g/mol. The number of carbonyl (C=O) groups excluding carboxylic acids is 1. The SMILES string of the molecule is O=C(CSc1nc(Cc2c(Cl)cccc2Cl)cc(=O)[nH]1)Nc1ccc(F)c(Cl)c1. The highest BCUT2D eigenvalue weighted by Crippen LogP contribution is 2.26. The molecule has 29 heavy (non-hydrogen) atoms. The zero-order valence-corrected chi connectivity index (χ0v) is 17.7. The summed E-state index contributed by atoms with van der Waals surface area (Å²) >= 11 is 19.1. The van der Waals surface area contributed by atoms with Crippen LogP contribution in [0.25, 0.3) is 0 Å². The number of H-pyrrole nitrogens is 1. The zero-order chi connectivity index (χ0) is 21.0. The molecule has 2 N–H and O–H groups in total. The number of aromatic nitrogens is 2. The van der Waals surface area contributed by atoms with Gasteiger partial charge in [-0.25, -0.2) is 9.37 Å². The lowest BCUT2D eigenvalue weighted by molar-refractivity contribution is -0.113. The van der Waals surface area contributed by atoms with E-state index in [-0.39, 0.29) is 33.8 Å². The maximum Gasteiger partial charge on any atom is 0.251 e. The average molecular weight is 473 g/mol. The molecule has 1 aromatic heterocycles. The van der Waals surface area contributed by atoms with Crippen molar-refractivity contribution in [3.8, 4) is 0 Å². The third-order valence-electron chi connectivity index (χ3n) is 3.74. The Labute approximate surface area is 184 Å². The van der Waals surface area contributed by atoms with Crippen molar-refractivity contribution in [1.82, 2.24) is 9.97 Å². The predicted molar refractivity (Wildman–Crippen MR) is 115 cm³/mol. The van der Waals surface area contributed by atoms with Gasteiger partial charge in [0.05, 0.1) is 16.5 Å². The summed E-state index contributed by atoms with van der Waals surface area (Å²) in [4.78, 5) is 31.0. The topological polar surface area (TPSA) is 74.8 Å². The van der Waals surface area contributed by atoms with Gasteiger partial charge >= 0.3 is 0 Å². The number of carbonyl (C=O) groups is 1. The second-order valence-corrected chi connectivity index (χ2v) is 8.07. The molecule has 2 aromatic carbocycles. The highest BCUT2D eigenvalue weighted by Gasteiger charge is 2.11. The molecule has 150 valence electrons. The van der Waals surface area contributed by atoms with Crippen molar-refractivity contribution in [1.29, 1.82) is 0 Å². The van der Waals surface area contributed by atoms with E-state index in [9.17, 15) is 14.0 Å². The van der Waals surface area contributed by atoms with Crippen LogP contribution in [0.2, 0.25) is 15.1 Å². The number of nitrogens with zero attached hydrogens (tertiary/aromatic N) is 1. The van der Waals surface area contributed by atoms with E-state index in [1.54, 1.807) is 18.2 Å². The van der Waals surface area contributed by atoms with Crippen molar-refractivity contribution in [2.45, 2.75) is 11.6 Å². The molecule has 0 aliphatic rings. The van der Waals surface area contributed by atoms with E-state index in [4.69, 9.17) is 34.8 Å². The van der Waals surface area contributed by atoms with Gasteiger partial charge in [0.2, 0.25) is 5.91 Å². The fourth-order valence-electron chi connectivity index (χ4n) is 2.43. The van der Waals surface area contributed by atoms with Crippen LogP contribution in [0.3, 0.4) is 0 Å². The van der Waals surface area contributed by atoms with Crippen LogP contribution in [-0.2, 0) is 11.2 Å². The van der Waals surface area contributed by atoms with Gasteiger partial charge in [-0.05, 0) is 35.9 Å². The van der Waals surface area contributed by atoms with Crippen LogP contribution in [-0.4, -0.2) is 21.6 Å². The van der Waals surface area contributed by atoms with Crippen molar-refractivity contribution in [3.63, 3.8) is 0 Å². The van der Waals surface area contributed by atoms with E-state index < -0.39 is 5.82 Å². The fraction of sp³-hybridized carbons (Fsp3) is 0.105. The van der Waals surface area contributed by atoms with E-state index in [1.807, 2.05) is 0 Å². The smallest absolute Gasteiger partial charge is 0.251 e. The number of hydrogen-bond acceptors (Lipinski definition) is 4. The quantitative estimate of drug-likeness (QED) is 0.382. The number of nitrogens with one attached hydrogen (secondary N) is 2. The lowest BCUT2D eigenvalue weighted by atomic mass is 10.1. The Morgan fingerprint density at radius 3 is 2.52 bits per heavy atom. The summed E-state index contributed by atoms with van der Waals surface area (Å²) in [6, 6.07) is 10.4. The molecule has 0 saturated carbocycles. The molecular weight excluding hydrogens is 460 g/mol. The number of benzene rings is 2. The van der Waals surface area contributed by atoms with Crippen molar-refractivity contribution in [2.75, 3.05) is 11.1 Å². The van der Waals surface area contributed by atoms with E-state index in [1.165, 1.54) is 18.2 Å². The maximum atomic E-state index is 13.2. The third-order valence-corrected chi connectivity index (χ3v) is 5.61. The molecule has 0 atom stereocenters. The van der Waals surface area contributed by atoms with Crippen LogP contribution >= 0.6 is 46.6 Å². The average Bonchev–Trinajstić information content (AvgIpc) is 2.66. The van der Waals surface area contributed by atoms with Gasteiger partial charge < -0.3 is 10.3 Å². The largest absolute Gasteiger partial charge is 0.325 e. The van der Waals surface area contributed by atoms with Gasteiger partial charge in [0.25, 0.3) is 5.56 Å². The molecule has 1 heterocycles. The minimum atomic E-state index is -0.573. The molecule has 5 nitrogen and oxygen atoms in total. The molecule has 0 aliphatic heterocycles. The summed E-state index contributed by atoms with van der Waals surface area (Å²) in [7, 11) is 0. The Morgan fingerprint density at radius 1 is 1.10 bits per heavy atom.